The van der Waals surface area contributed by atoms with Crippen LogP contribution in [0.5, 0.6) is 0 Å². The van der Waals surface area contributed by atoms with Gasteiger partial charge in [-0.25, -0.2) is 15.0 Å². The summed E-state index contributed by atoms with van der Waals surface area (Å²) in [5, 5.41) is 8.54. The van der Waals surface area contributed by atoms with Crippen LogP contribution in [0.2, 0.25) is 0 Å². The van der Waals surface area contributed by atoms with Crippen LogP contribution < -0.4 is 0 Å². The largest absolute Gasteiger partial charge is 0.451 e. The van der Waals surface area contributed by atoms with Crippen molar-refractivity contribution in [3.63, 3.8) is 0 Å². The van der Waals surface area contributed by atoms with Gasteiger partial charge in [-0.05, 0) is 6.07 Å². The van der Waals surface area contributed by atoms with E-state index in [9.17, 15) is 0 Å². The fourth-order valence-corrected chi connectivity index (χ4v) is 0.894. The molecule has 0 saturated carbocycles. The van der Waals surface area contributed by atoms with Gasteiger partial charge in [0.05, 0.1) is 5.69 Å². The Bertz CT molecular complexity index is 443. The zero-order valence-electron chi connectivity index (χ0n) is 6.51. The smallest absolute Gasteiger partial charge is 0.232 e. The molecular formula is C8H4N4O. The molecule has 0 bridgehead atoms. The Kier molecular flexibility index (Phi) is 1.73. The van der Waals surface area contributed by atoms with Crippen LogP contribution in [-0.4, -0.2) is 15.0 Å². The van der Waals surface area contributed by atoms with E-state index in [0.29, 0.717) is 11.4 Å². The second-order valence-corrected chi connectivity index (χ2v) is 2.25. The molecule has 0 spiro atoms. The summed E-state index contributed by atoms with van der Waals surface area (Å²) in [5.74, 6) is 0.125. The number of nitriles is 1. The van der Waals surface area contributed by atoms with Crippen molar-refractivity contribution < 1.29 is 4.42 Å². The Morgan fingerprint density at radius 2 is 2.23 bits per heavy atom. The molecule has 0 aliphatic rings. The van der Waals surface area contributed by atoms with Crippen molar-refractivity contribution in [3.05, 3.63) is 30.7 Å². The molecule has 62 valence electrons. The summed E-state index contributed by atoms with van der Waals surface area (Å²) in [6.07, 6.45) is 4.28. The van der Waals surface area contributed by atoms with Crippen LogP contribution in [0, 0.1) is 11.3 Å². The fraction of sp³-hybridized carbons (Fsp3) is 0. The second kappa shape index (κ2) is 3.03. The normalized spacial score (nSPS) is 9.46. The molecule has 5 nitrogen and oxygen atoms in total. The molecule has 0 aromatic carbocycles. The molecule has 13 heavy (non-hydrogen) atoms. The van der Waals surface area contributed by atoms with Gasteiger partial charge in [0.25, 0.3) is 0 Å². The van der Waals surface area contributed by atoms with E-state index in [1.54, 1.807) is 6.07 Å². The Balaban J connectivity index is 2.49. The summed E-state index contributed by atoms with van der Waals surface area (Å²) in [7, 11) is 0. The maximum atomic E-state index is 8.54. The number of aromatic nitrogens is 3. The predicted octanol–water partition coefficient (Wildman–Crippen LogP) is 1.00. The minimum Gasteiger partial charge on any atom is -0.451 e. The van der Waals surface area contributed by atoms with Crippen LogP contribution in [0.1, 0.15) is 5.82 Å². The number of hydrogen-bond donors (Lipinski definition) is 0. The molecule has 2 rings (SSSR count). The van der Waals surface area contributed by atoms with E-state index in [0.717, 1.165) is 0 Å². The summed E-state index contributed by atoms with van der Waals surface area (Å²) in [6.45, 7) is 0. The SMILES string of the molecule is N#Cc1nccc(-c2cocn2)n1. The van der Waals surface area contributed by atoms with Gasteiger partial charge in [-0.2, -0.15) is 5.26 Å². The van der Waals surface area contributed by atoms with Gasteiger partial charge in [0, 0.05) is 6.20 Å². The molecule has 0 fully saturated rings. The molecule has 2 aromatic rings. The monoisotopic (exact) mass is 172 g/mol. The van der Waals surface area contributed by atoms with Gasteiger partial charge < -0.3 is 4.42 Å². The minimum absolute atomic E-state index is 0.125. The third kappa shape index (κ3) is 1.37. The van der Waals surface area contributed by atoms with Crippen LogP contribution in [0.3, 0.4) is 0 Å². The first kappa shape index (κ1) is 7.43. The van der Waals surface area contributed by atoms with Crippen molar-refractivity contribution in [2.75, 3.05) is 0 Å². The number of oxazole rings is 1. The van der Waals surface area contributed by atoms with Crippen LogP contribution in [0.4, 0.5) is 0 Å². The molecule has 2 aromatic heterocycles. The number of nitrogens with zero attached hydrogens (tertiary/aromatic N) is 4. The summed E-state index contributed by atoms with van der Waals surface area (Å²) in [5.41, 5.74) is 1.18. The standard InChI is InChI=1S/C8H4N4O/c9-3-8-10-2-1-6(12-8)7-4-13-5-11-7/h1-2,4-5H. The molecule has 0 saturated heterocycles. The maximum Gasteiger partial charge on any atom is 0.232 e. The average molecular weight is 172 g/mol. The minimum atomic E-state index is 0.125. The molecule has 0 N–H and O–H groups in total. The Morgan fingerprint density at radius 3 is 2.92 bits per heavy atom. The van der Waals surface area contributed by atoms with Gasteiger partial charge >= 0.3 is 0 Å². The van der Waals surface area contributed by atoms with Crippen molar-refractivity contribution in [2.45, 2.75) is 0 Å². The van der Waals surface area contributed by atoms with Gasteiger partial charge in [-0.1, -0.05) is 0 Å². The lowest BCUT2D eigenvalue weighted by Gasteiger charge is -1.92. The fourth-order valence-electron chi connectivity index (χ4n) is 0.894. The highest BCUT2D eigenvalue weighted by atomic mass is 16.3. The van der Waals surface area contributed by atoms with E-state index in [1.807, 2.05) is 6.07 Å². The highest BCUT2D eigenvalue weighted by Gasteiger charge is 2.03. The predicted molar refractivity (Wildman–Crippen MR) is 42.2 cm³/mol. The summed E-state index contributed by atoms with van der Waals surface area (Å²) in [6, 6.07) is 3.51. The van der Waals surface area contributed by atoms with Gasteiger partial charge in [0.15, 0.2) is 6.39 Å². The molecule has 0 amide bonds. The highest BCUT2D eigenvalue weighted by Crippen LogP contribution is 2.12. The Morgan fingerprint density at radius 1 is 1.31 bits per heavy atom. The van der Waals surface area contributed by atoms with Gasteiger partial charge in [0.2, 0.25) is 5.82 Å². The first-order chi connectivity index (χ1) is 6.40. The quantitative estimate of drug-likeness (QED) is 0.641. The Hall–Kier alpha value is -2.22. The second-order valence-electron chi connectivity index (χ2n) is 2.25. The van der Waals surface area contributed by atoms with Gasteiger partial charge in [-0.3, -0.25) is 0 Å². The van der Waals surface area contributed by atoms with E-state index >= 15 is 0 Å². The zero-order chi connectivity index (χ0) is 9.10. The van der Waals surface area contributed by atoms with Crippen molar-refractivity contribution in [3.8, 4) is 17.5 Å². The van der Waals surface area contributed by atoms with Crippen LogP contribution >= 0.6 is 0 Å². The highest BCUT2D eigenvalue weighted by molar-refractivity contribution is 5.51. The molecule has 0 aliphatic carbocycles. The van der Waals surface area contributed by atoms with Crippen molar-refractivity contribution in [1.29, 1.82) is 5.26 Å². The van der Waals surface area contributed by atoms with E-state index in [-0.39, 0.29) is 5.82 Å². The van der Waals surface area contributed by atoms with Crippen LogP contribution in [0.25, 0.3) is 11.4 Å². The van der Waals surface area contributed by atoms with E-state index in [1.165, 1.54) is 18.9 Å². The molecule has 5 heteroatoms. The van der Waals surface area contributed by atoms with E-state index in [4.69, 9.17) is 9.68 Å². The maximum absolute atomic E-state index is 8.54. The van der Waals surface area contributed by atoms with Gasteiger partial charge in [-0.15, -0.1) is 0 Å². The number of hydrogen-bond acceptors (Lipinski definition) is 5. The lowest BCUT2D eigenvalue weighted by atomic mass is 10.3. The number of rotatable bonds is 1. The van der Waals surface area contributed by atoms with E-state index in [2.05, 4.69) is 15.0 Å². The molecule has 0 atom stereocenters. The third-order valence-electron chi connectivity index (χ3n) is 1.45. The lowest BCUT2D eigenvalue weighted by molar-refractivity contribution is 0.558. The molecule has 0 radical (unpaired) electrons. The topological polar surface area (TPSA) is 75.6 Å². The third-order valence-corrected chi connectivity index (χ3v) is 1.45. The first-order valence-corrected chi connectivity index (χ1v) is 3.52. The first-order valence-electron chi connectivity index (χ1n) is 3.52. The van der Waals surface area contributed by atoms with Crippen molar-refractivity contribution >= 4 is 0 Å². The molecule has 2 heterocycles. The van der Waals surface area contributed by atoms with E-state index < -0.39 is 0 Å². The summed E-state index contributed by atoms with van der Waals surface area (Å²) in [4.78, 5) is 11.6. The van der Waals surface area contributed by atoms with Crippen LogP contribution in [-0.2, 0) is 0 Å². The summed E-state index contributed by atoms with van der Waals surface area (Å²) < 4.78 is 4.79. The molecular weight excluding hydrogens is 168 g/mol. The summed E-state index contributed by atoms with van der Waals surface area (Å²) >= 11 is 0. The zero-order valence-corrected chi connectivity index (χ0v) is 6.51. The Labute approximate surface area is 73.7 Å². The van der Waals surface area contributed by atoms with Crippen molar-refractivity contribution in [2.24, 2.45) is 0 Å². The lowest BCUT2D eigenvalue weighted by Crippen LogP contribution is -1.90. The average Bonchev–Trinajstić information content (AvgIpc) is 2.71. The van der Waals surface area contributed by atoms with Gasteiger partial charge in [0.1, 0.15) is 18.0 Å². The van der Waals surface area contributed by atoms with Crippen LogP contribution in [0.15, 0.2) is 29.3 Å². The molecule has 0 aliphatic heterocycles. The van der Waals surface area contributed by atoms with Crippen molar-refractivity contribution in [1.82, 2.24) is 15.0 Å². The molecule has 0 unspecified atom stereocenters.